The molecular weight excluding hydrogens is 186 g/mol. The second-order valence-electron chi connectivity index (χ2n) is 3.98. The molecular formula is C9H17NO4. The van der Waals surface area contributed by atoms with Crippen LogP contribution in [0.25, 0.3) is 0 Å². The molecule has 5 heteroatoms. The van der Waals surface area contributed by atoms with Crippen LogP contribution in [0.5, 0.6) is 0 Å². The fourth-order valence-electron chi connectivity index (χ4n) is 0.619. The second kappa shape index (κ2) is 5.78. The van der Waals surface area contributed by atoms with Gasteiger partial charge in [-0.1, -0.05) is 0 Å². The highest BCUT2D eigenvalue weighted by atomic mass is 16.7. The van der Waals surface area contributed by atoms with Crippen molar-refractivity contribution < 1.29 is 19.8 Å². The van der Waals surface area contributed by atoms with Crippen LogP contribution in [-0.4, -0.2) is 34.9 Å². The van der Waals surface area contributed by atoms with Crippen molar-refractivity contribution in [2.24, 2.45) is 5.92 Å². The summed E-state index contributed by atoms with van der Waals surface area (Å²) in [5, 5.41) is 17.6. The van der Waals surface area contributed by atoms with E-state index in [4.69, 9.17) is 15.1 Å². The summed E-state index contributed by atoms with van der Waals surface area (Å²) in [4.78, 5) is 15.4. The molecule has 0 aliphatic carbocycles. The van der Waals surface area contributed by atoms with Gasteiger partial charge >= 0.3 is 0 Å². The van der Waals surface area contributed by atoms with Crippen LogP contribution in [0, 0.1) is 5.92 Å². The molecule has 0 saturated carbocycles. The van der Waals surface area contributed by atoms with E-state index in [1.807, 2.05) is 20.8 Å². The minimum atomic E-state index is -0.720. The maximum absolute atomic E-state index is 10.4. The molecule has 5 nitrogen and oxygen atoms in total. The molecule has 0 radical (unpaired) electrons. The van der Waals surface area contributed by atoms with E-state index < -0.39 is 5.92 Å². The SMILES string of the molecule is CC(C)(C)NOC(=C=O)C(CO)CO. The highest BCUT2D eigenvalue weighted by Crippen LogP contribution is 2.09. The van der Waals surface area contributed by atoms with Crippen molar-refractivity contribution in [3.63, 3.8) is 0 Å². The third-order valence-electron chi connectivity index (χ3n) is 1.38. The Labute approximate surface area is 83.3 Å². The summed E-state index contributed by atoms with van der Waals surface area (Å²) >= 11 is 0. The quantitative estimate of drug-likeness (QED) is 0.322. The third-order valence-corrected chi connectivity index (χ3v) is 1.38. The van der Waals surface area contributed by atoms with E-state index in [1.165, 1.54) is 5.94 Å². The molecule has 14 heavy (non-hydrogen) atoms. The van der Waals surface area contributed by atoms with Gasteiger partial charge in [0, 0.05) is 5.54 Å². The Kier molecular flexibility index (Phi) is 5.42. The lowest BCUT2D eigenvalue weighted by molar-refractivity contribution is 0.0137. The molecule has 0 spiro atoms. The van der Waals surface area contributed by atoms with Crippen LogP contribution in [-0.2, 0) is 9.63 Å². The maximum atomic E-state index is 10.4. The molecule has 0 fully saturated rings. The van der Waals surface area contributed by atoms with Crippen LogP contribution in [0.3, 0.4) is 0 Å². The Morgan fingerprint density at radius 1 is 1.43 bits per heavy atom. The van der Waals surface area contributed by atoms with Crippen LogP contribution in [0.4, 0.5) is 0 Å². The number of nitrogens with one attached hydrogen (secondary N) is 1. The maximum Gasteiger partial charge on any atom is 0.214 e. The summed E-state index contributed by atoms with van der Waals surface area (Å²) in [6.07, 6.45) is 0. The Balaban J connectivity index is 4.25. The Bertz CT molecular complexity index is 211. The van der Waals surface area contributed by atoms with Gasteiger partial charge in [-0.15, -0.1) is 0 Å². The number of hydrogen-bond acceptors (Lipinski definition) is 5. The first-order valence-corrected chi connectivity index (χ1v) is 4.35. The van der Waals surface area contributed by atoms with Gasteiger partial charge in [0.15, 0.2) is 5.94 Å². The van der Waals surface area contributed by atoms with Gasteiger partial charge in [-0.3, -0.25) is 0 Å². The van der Waals surface area contributed by atoms with Crippen LogP contribution >= 0.6 is 0 Å². The van der Waals surface area contributed by atoms with Crippen LogP contribution in [0.1, 0.15) is 20.8 Å². The fourth-order valence-corrected chi connectivity index (χ4v) is 0.619. The van der Waals surface area contributed by atoms with Gasteiger partial charge in [0.2, 0.25) is 5.76 Å². The number of carbonyl (C=O) groups excluding carboxylic acids is 1. The van der Waals surface area contributed by atoms with Crippen molar-refractivity contribution in [3.8, 4) is 0 Å². The lowest BCUT2D eigenvalue weighted by Crippen LogP contribution is -2.37. The van der Waals surface area contributed by atoms with Gasteiger partial charge in [-0.2, -0.15) is 5.48 Å². The molecule has 0 aromatic carbocycles. The summed E-state index contributed by atoms with van der Waals surface area (Å²) in [5.41, 5.74) is 2.28. The van der Waals surface area contributed by atoms with E-state index in [9.17, 15) is 4.79 Å². The first kappa shape index (κ1) is 13.1. The van der Waals surface area contributed by atoms with Gasteiger partial charge < -0.3 is 15.1 Å². The molecule has 0 amide bonds. The standard InChI is InChI=1S/C9H17NO4/c1-9(2,3)10-14-8(6-13)7(4-11)5-12/h7,10-12H,4-5H2,1-3H3. The average Bonchev–Trinajstić information content (AvgIpc) is 2.10. The zero-order valence-corrected chi connectivity index (χ0v) is 8.70. The first-order chi connectivity index (χ1) is 6.44. The van der Waals surface area contributed by atoms with Crippen molar-refractivity contribution in [1.29, 1.82) is 0 Å². The Hall–Kier alpha value is -0.870. The molecule has 0 aliphatic rings. The van der Waals surface area contributed by atoms with E-state index in [1.54, 1.807) is 0 Å². The predicted molar refractivity (Wildman–Crippen MR) is 50.8 cm³/mol. The molecule has 0 aliphatic heterocycles. The van der Waals surface area contributed by atoms with Crippen molar-refractivity contribution in [2.75, 3.05) is 13.2 Å². The summed E-state index contributed by atoms with van der Waals surface area (Å²) in [5.74, 6) is 0.698. The molecule has 3 N–H and O–H groups in total. The average molecular weight is 203 g/mol. The monoisotopic (exact) mass is 203 g/mol. The Morgan fingerprint density at radius 2 is 1.93 bits per heavy atom. The van der Waals surface area contributed by atoms with Gasteiger partial charge in [0.1, 0.15) is 0 Å². The van der Waals surface area contributed by atoms with Gasteiger partial charge in [-0.05, 0) is 20.8 Å². The molecule has 0 unspecified atom stereocenters. The molecule has 0 aromatic rings. The van der Waals surface area contributed by atoms with E-state index in [2.05, 4.69) is 5.48 Å². The molecule has 82 valence electrons. The number of rotatable bonds is 5. The van der Waals surface area contributed by atoms with Crippen LogP contribution in [0.2, 0.25) is 0 Å². The number of hydrogen-bond donors (Lipinski definition) is 3. The highest BCUT2D eigenvalue weighted by molar-refractivity contribution is 5.50. The van der Waals surface area contributed by atoms with E-state index in [-0.39, 0.29) is 24.5 Å². The van der Waals surface area contributed by atoms with Crippen LogP contribution in [0.15, 0.2) is 5.76 Å². The summed E-state index contributed by atoms with van der Waals surface area (Å²) in [6, 6.07) is 0. The molecule has 0 atom stereocenters. The van der Waals surface area contributed by atoms with E-state index in [0.29, 0.717) is 0 Å². The van der Waals surface area contributed by atoms with Crippen molar-refractivity contribution in [2.45, 2.75) is 26.3 Å². The number of hydroxylamine groups is 1. The van der Waals surface area contributed by atoms with Crippen molar-refractivity contribution in [3.05, 3.63) is 5.76 Å². The highest BCUT2D eigenvalue weighted by Gasteiger charge is 2.18. The zero-order chi connectivity index (χ0) is 11.2. The number of aliphatic hydroxyl groups is 2. The third kappa shape index (κ3) is 4.99. The van der Waals surface area contributed by atoms with Crippen molar-refractivity contribution in [1.82, 2.24) is 5.48 Å². The molecule has 0 rings (SSSR count). The fraction of sp³-hybridized carbons (Fsp3) is 0.778. The molecule has 0 bridgehead atoms. The molecule has 0 heterocycles. The van der Waals surface area contributed by atoms with Crippen LogP contribution < -0.4 is 5.48 Å². The van der Waals surface area contributed by atoms with E-state index >= 15 is 0 Å². The predicted octanol–water partition coefficient (Wildman–Crippen LogP) is -0.378. The van der Waals surface area contributed by atoms with Gasteiger partial charge in [0.05, 0.1) is 19.1 Å². The summed E-state index contributed by atoms with van der Waals surface area (Å²) in [6.45, 7) is 4.84. The van der Waals surface area contributed by atoms with Gasteiger partial charge in [0.25, 0.3) is 0 Å². The lowest BCUT2D eigenvalue weighted by atomic mass is 10.1. The normalized spacial score (nSPS) is 11.3. The zero-order valence-electron chi connectivity index (χ0n) is 8.70. The van der Waals surface area contributed by atoms with E-state index in [0.717, 1.165) is 0 Å². The van der Waals surface area contributed by atoms with Gasteiger partial charge in [-0.25, -0.2) is 4.79 Å². The molecule has 0 aromatic heterocycles. The summed E-state index contributed by atoms with van der Waals surface area (Å²) < 4.78 is 0. The smallest absolute Gasteiger partial charge is 0.214 e. The lowest BCUT2D eigenvalue weighted by Gasteiger charge is -2.22. The minimum absolute atomic E-state index is 0.120. The molecule has 0 saturated heterocycles. The largest absolute Gasteiger partial charge is 0.400 e. The summed E-state index contributed by atoms with van der Waals surface area (Å²) in [7, 11) is 0. The first-order valence-electron chi connectivity index (χ1n) is 4.35. The Morgan fingerprint density at radius 3 is 2.21 bits per heavy atom. The second-order valence-corrected chi connectivity index (χ2v) is 3.98. The van der Waals surface area contributed by atoms with Crippen molar-refractivity contribution >= 4 is 5.94 Å². The minimum Gasteiger partial charge on any atom is -0.400 e. The number of aliphatic hydroxyl groups excluding tert-OH is 2. The topological polar surface area (TPSA) is 78.8 Å².